The van der Waals surface area contributed by atoms with Gasteiger partial charge in [0.2, 0.25) is 5.91 Å². The number of carbonyl (C=O) groups is 1. The zero-order chi connectivity index (χ0) is 28.8. The molecular weight excluding hydrogens is 518 g/mol. The third-order valence-electron chi connectivity index (χ3n) is 8.29. The molecule has 3 aromatic carbocycles. The molecule has 1 aliphatic rings. The van der Waals surface area contributed by atoms with Gasteiger partial charge < -0.3 is 15.0 Å². The van der Waals surface area contributed by atoms with E-state index in [0.717, 1.165) is 87.7 Å². The van der Waals surface area contributed by atoms with Gasteiger partial charge in [-0.05, 0) is 93.3 Å². The number of aryl methyl sites for hydroxylation is 2. The van der Waals surface area contributed by atoms with Crippen LogP contribution in [0, 0.1) is 12.3 Å². The molecule has 4 aromatic rings. The Morgan fingerprint density at radius 2 is 1.62 bits per heavy atom. The maximum atomic E-state index is 13.5. The van der Waals surface area contributed by atoms with E-state index in [1.807, 2.05) is 30.3 Å². The molecule has 1 atom stereocenters. The van der Waals surface area contributed by atoms with E-state index in [2.05, 4.69) is 82.3 Å². The summed E-state index contributed by atoms with van der Waals surface area (Å²) in [5.41, 5.74) is 3.68. The highest BCUT2D eigenvalue weighted by molar-refractivity contribution is 5.84. The predicted molar refractivity (Wildman–Crippen MR) is 171 cm³/mol. The molecule has 1 aliphatic heterocycles. The highest BCUT2D eigenvalue weighted by atomic mass is 16.5. The number of hydrogen-bond donors (Lipinski definition) is 1. The number of likely N-dealkylation sites (tertiary alicyclic amines) is 1. The van der Waals surface area contributed by atoms with E-state index in [1.165, 1.54) is 11.1 Å². The van der Waals surface area contributed by atoms with Crippen LogP contribution in [-0.2, 0) is 17.6 Å². The highest BCUT2D eigenvalue weighted by Gasteiger charge is 2.27. The van der Waals surface area contributed by atoms with Crippen molar-refractivity contribution in [2.75, 3.05) is 26.2 Å². The zero-order valence-electron chi connectivity index (χ0n) is 24.7. The van der Waals surface area contributed by atoms with Crippen molar-refractivity contribution in [3.8, 4) is 5.75 Å². The molecule has 5 rings (SSSR count). The van der Waals surface area contributed by atoms with Gasteiger partial charge in [-0.2, -0.15) is 0 Å². The van der Waals surface area contributed by atoms with E-state index in [-0.39, 0.29) is 17.9 Å². The topological polar surface area (TPSA) is 54.5 Å². The molecule has 0 aliphatic carbocycles. The van der Waals surface area contributed by atoms with E-state index in [0.29, 0.717) is 6.61 Å². The highest BCUT2D eigenvalue weighted by Crippen LogP contribution is 2.24. The molecule has 5 heteroatoms. The van der Waals surface area contributed by atoms with Crippen molar-refractivity contribution < 1.29 is 9.53 Å². The number of fused-ring (bicyclic) bond motifs is 1. The van der Waals surface area contributed by atoms with Crippen molar-refractivity contribution in [1.82, 2.24) is 15.2 Å². The van der Waals surface area contributed by atoms with E-state index < -0.39 is 0 Å². The fraction of sp³-hybridized carbons (Fsp3) is 0.378. The summed E-state index contributed by atoms with van der Waals surface area (Å²) in [6, 6.07) is 31.5. The fourth-order valence-corrected chi connectivity index (χ4v) is 6.02. The Labute approximate surface area is 251 Å². The number of pyridine rings is 1. The zero-order valence-corrected chi connectivity index (χ0v) is 24.7. The number of piperidine rings is 1. The van der Waals surface area contributed by atoms with Gasteiger partial charge >= 0.3 is 0 Å². The number of hydrogen-bond acceptors (Lipinski definition) is 4. The Morgan fingerprint density at radius 3 is 2.33 bits per heavy atom. The molecule has 1 fully saturated rings. The van der Waals surface area contributed by atoms with Gasteiger partial charge in [0.15, 0.2) is 0 Å². The van der Waals surface area contributed by atoms with Gasteiger partial charge in [-0.15, -0.1) is 0 Å². The van der Waals surface area contributed by atoms with Crippen molar-refractivity contribution in [1.29, 1.82) is 0 Å². The summed E-state index contributed by atoms with van der Waals surface area (Å²) < 4.78 is 6.07. The van der Waals surface area contributed by atoms with Crippen molar-refractivity contribution >= 4 is 16.8 Å². The summed E-state index contributed by atoms with van der Waals surface area (Å²) in [7, 11) is 0. The minimum Gasteiger partial charge on any atom is -0.493 e. The number of carbonyl (C=O) groups excluding carboxylic acids is 1. The van der Waals surface area contributed by atoms with E-state index in [1.54, 1.807) is 6.20 Å². The number of nitrogens with one attached hydrogen (secondary N) is 1. The van der Waals surface area contributed by atoms with Gasteiger partial charge in [0.05, 0.1) is 18.0 Å². The summed E-state index contributed by atoms with van der Waals surface area (Å²) in [5, 5.41) is 4.51. The Morgan fingerprint density at radius 1 is 0.905 bits per heavy atom. The maximum absolute atomic E-state index is 13.5. The predicted octanol–water partition coefficient (Wildman–Crippen LogP) is 7.06. The number of ether oxygens (including phenoxy) is 1. The number of aromatic nitrogens is 1. The number of rotatable bonds is 15. The number of benzene rings is 3. The second kappa shape index (κ2) is 16.1. The average molecular weight is 563 g/mol. The summed E-state index contributed by atoms with van der Waals surface area (Å²) in [4.78, 5) is 20.3. The molecule has 2 heterocycles. The fourth-order valence-electron chi connectivity index (χ4n) is 6.02. The molecule has 1 N–H and O–H groups in total. The van der Waals surface area contributed by atoms with Crippen LogP contribution in [-0.4, -0.2) is 48.1 Å². The van der Waals surface area contributed by atoms with Gasteiger partial charge in [0.25, 0.3) is 0 Å². The molecular formula is C37H44N3O2. The second-order valence-corrected chi connectivity index (χ2v) is 11.5. The van der Waals surface area contributed by atoms with Crippen LogP contribution in [0.2, 0.25) is 0 Å². The molecule has 0 saturated carbocycles. The first kappa shape index (κ1) is 29.8. The molecule has 1 saturated heterocycles. The lowest BCUT2D eigenvalue weighted by molar-refractivity contribution is -0.127. The minimum absolute atomic E-state index is 0.0444. The largest absolute Gasteiger partial charge is 0.493 e. The lowest BCUT2D eigenvalue weighted by Gasteiger charge is -2.33. The maximum Gasteiger partial charge on any atom is 0.224 e. The van der Waals surface area contributed by atoms with Gasteiger partial charge in [0, 0.05) is 37.1 Å². The summed E-state index contributed by atoms with van der Waals surface area (Å²) in [6.07, 6.45) is 12.3. The third kappa shape index (κ3) is 9.15. The molecule has 219 valence electrons. The van der Waals surface area contributed by atoms with Gasteiger partial charge in [0.1, 0.15) is 5.75 Å². The molecule has 1 amide bonds. The van der Waals surface area contributed by atoms with E-state index in [9.17, 15) is 4.79 Å². The molecule has 1 unspecified atom stereocenters. The molecule has 1 aromatic heterocycles. The number of amides is 1. The van der Waals surface area contributed by atoms with Crippen LogP contribution >= 0.6 is 0 Å². The molecule has 1 radical (unpaired) electrons. The van der Waals surface area contributed by atoms with Crippen LogP contribution < -0.4 is 10.1 Å². The van der Waals surface area contributed by atoms with Crippen LogP contribution in [0.25, 0.3) is 10.9 Å². The Balaban J connectivity index is 1.08. The normalized spacial score (nSPS) is 15.6. The van der Waals surface area contributed by atoms with Gasteiger partial charge in [-0.25, -0.2) is 0 Å². The van der Waals surface area contributed by atoms with Gasteiger partial charge in [-0.3, -0.25) is 9.78 Å². The lowest BCUT2D eigenvalue weighted by atomic mass is 9.94. The first-order chi connectivity index (χ1) is 20.7. The van der Waals surface area contributed by atoms with E-state index in [4.69, 9.17) is 4.74 Å². The molecule has 5 nitrogen and oxygen atoms in total. The smallest absolute Gasteiger partial charge is 0.224 e. The summed E-state index contributed by atoms with van der Waals surface area (Å²) in [5.74, 6) is 1.13. The minimum atomic E-state index is 0.0444. The second-order valence-electron chi connectivity index (χ2n) is 11.5. The molecule has 42 heavy (non-hydrogen) atoms. The molecule has 0 spiro atoms. The van der Waals surface area contributed by atoms with Crippen LogP contribution in [0.4, 0.5) is 0 Å². The van der Waals surface area contributed by atoms with Crippen LogP contribution in [0.15, 0.2) is 97.2 Å². The first-order valence-corrected chi connectivity index (χ1v) is 15.6. The van der Waals surface area contributed by atoms with Crippen molar-refractivity contribution in [3.63, 3.8) is 0 Å². The van der Waals surface area contributed by atoms with Crippen molar-refractivity contribution in [3.05, 3.63) is 115 Å². The lowest BCUT2D eigenvalue weighted by Crippen LogP contribution is -2.46. The monoisotopic (exact) mass is 562 g/mol. The molecule has 0 bridgehead atoms. The SMILES string of the molecule is O=C(NC(CCCc1ccccc1)CCCc1ccccc1)C1CCCN(C[CH]COc2cccc3ncccc23)C1. The standard InChI is InChI=1S/C37H44N3O2/c41-37(39-33(20-7-17-30-13-3-1-4-14-30)21-8-18-31-15-5-2-6-16-31)32-19-11-26-40(29-32)27-12-28-42-36-24-9-23-35-34(36)22-10-25-38-35/h1-6,9-10,12-16,22-25,32-33H,7-8,11,17-21,26-29H2,(H,39,41). The van der Waals surface area contributed by atoms with Crippen molar-refractivity contribution in [2.24, 2.45) is 5.92 Å². The Bertz CT molecular complexity index is 1310. The van der Waals surface area contributed by atoms with Gasteiger partial charge in [-0.1, -0.05) is 66.7 Å². The summed E-state index contributed by atoms with van der Waals surface area (Å²) >= 11 is 0. The average Bonchev–Trinajstić information content (AvgIpc) is 3.04. The first-order valence-electron chi connectivity index (χ1n) is 15.6. The Hall–Kier alpha value is -3.70. The van der Waals surface area contributed by atoms with Crippen molar-refractivity contribution in [2.45, 2.75) is 57.4 Å². The number of nitrogens with zero attached hydrogens (tertiary/aromatic N) is 2. The van der Waals surface area contributed by atoms with Crippen LogP contribution in [0.5, 0.6) is 5.75 Å². The quantitative estimate of drug-likeness (QED) is 0.158. The third-order valence-corrected chi connectivity index (χ3v) is 8.29. The summed E-state index contributed by atoms with van der Waals surface area (Å²) in [6.45, 7) is 3.19. The van der Waals surface area contributed by atoms with Crippen LogP contribution in [0.1, 0.15) is 49.7 Å². The van der Waals surface area contributed by atoms with E-state index >= 15 is 0 Å². The van der Waals surface area contributed by atoms with Crippen LogP contribution in [0.3, 0.4) is 0 Å². The Kier molecular flexibility index (Phi) is 11.4.